The van der Waals surface area contributed by atoms with E-state index in [2.05, 4.69) is 0 Å². The normalized spacial score (nSPS) is 52.8. The highest BCUT2D eigenvalue weighted by atomic mass is 16.8. The van der Waals surface area contributed by atoms with Crippen molar-refractivity contribution < 1.29 is 38.3 Å². The molecule has 8 atom stereocenters. The Morgan fingerprint density at radius 1 is 0.769 bits per heavy atom. The number of hydrogen-bond donors (Lipinski definition) is 1. The van der Waals surface area contributed by atoms with Crippen molar-refractivity contribution in [2.24, 2.45) is 0 Å². The van der Waals surface area contributed by atoms with E-state index in [0.29, 0.717) is 12.8 Å². The third-order valence-electron chi connectivity index (χ3n) is 6.23. The lowest BCUT2D eigenvalue weighted by Gasteiger charge is -2.60. The standard InChI is InChI=1S/C18H30O8/c1-16(2)23-11-10(19)12-15(13(20-3)14(11)24-16)26-18(22-5)9-7-6-8-17(18,21-4)25-12/h10-15,19H,6-9H2,1-5H3/t10-,11-,12-,13+,14-,15+,17?,18?/m0/s1. The SMILES string of the molecule is CO[C@@H]1[C@H]2OC(C)(C)O[C@H]2[C@H](O)[C@@H]2OC3(OC)CCCCC3(OC)O[C@@H]12. The van der Waals surface area contributed by atoms with Crippen LogP contribution in [0.3, 0.4) is 0 Å². The monoisotopic (exact) mass is 374 g/mol. The van der Waals surface area contributed by atoms with Gasteiger partial charge in [-0.05, 0) is 26.7 Å². The molecule has 8 nitrogen and oxygen atoms in total. The number of aliphatic hydroxyl groups excluding tert-OH is 1. The van der Waals surface area contributed by atoms with Crippen molar-refractivity contribution in [3.05, 3.63) is 0 Å². The molecular weight excluding hydrogens is 344 g/mol. The van der Waals surface area contributed by atoms with Crippen LogP contribution in [0, 0.1) is 0 Å². The number of methoxy groups -OCH3 is 3. The molecule has 4 aliphatic rings. The molecule has 0 radical (unpaired) electrons. The van der Waals surface area contributed by atoms with E-state index in [1.165, 1.54) is 0 Å². The minimum atomic E-state index is -1.07. The van der Waals surface area contributed by atoms with Crippen LogP contribution in [-0.4, -0.2) is 80.4 Å². The number of ether oxygens (including phenoxy) is 7. The van der Waals surface area contributed by atoms with Gasteiger partial charge in [0.15, 0.2) is 5.79 Å². The summed E-state index contributed by atoms with van der Waals surface area (Å²) in [7, 11) is 4.80. The highest BCUT2D eigenvalue weighted by Crippen LogP contribution is 2.52. The van der Waals surface area contributed by atoms with Gasteiger partial charge in [0, 0.05) is 34.2 Å². The predicted octanol–water partition coefficient (Wildman–Crippen LogP) is 0.939. The van der Waals surface area contributed by atoms with Crippen LogP contribution >= 0.6 is 0 Å². The van der Waals surface area contributed by atoms with E-state index in [4.69, 9.17) is 33.2 Å². The van der Waals surface area contributed by atoms with E-state index >= 15 is 0 Å². The Labute approximate surface area is 154 Å². The largest absolute Gasteiger partial charge is 0.387 e. The van der Waals surface area contributed by atoms with Crippen LogP contribution in [0.5, 0.6) is 0 Å². The average molecular weight is 374 g/mol. The molecule has 0 aromatic carbocycles. The van der Waals surface area contributed by atoms with Crippen LogP contribution in [0.25, 0.3) is 0 Å². The number of hydrogen-bond acceptors (Lipinski definition) is 8. The molecule has 1 N–H and O–H groups in total. The molecule has 2 unspecified atom stereocenters. The molecule has 150 valence electrons. The van der Waals surface area contributed by atoms with E-state index in [0.717, 1.165) is 12.8 Å². The molecule has 26 heavy (non-hydrogen) atoms. The van der Waals surface area contributed by atoms with Crippen molar-refractivity contribution in [2.75, 3.05) is 21.3 Å². The Morgan fingerprint density at radius 3 is 1.77 bits per heavy atom. The minimum Gasteiger partial charge on any atom is -0.387 e. The maximum absolute atomic E-state index is 11.0. The lowest BCUT2D eigenvalue weighted by molar-refractivity contribution is -0.487. The molecule has 8 heteroatoms. The van der Waals surface area contributed by atoms with E-state index < -0.39 is 54.0 Å². The molecule has 2 saturated carbocycles. The van der Waals surface area contributed by atoms with Crippen LogP contribution < -0.4 is 0 Å². The molecule has 0 amide bonds. The fraction of sp³-hybridized carbons (Fsp3) is 1.00. The molecule has 0 aromatic heterocycles. The van der Waals surface area contributed by atoms with Gasteiger partial charge in [-0.15, -0.1) is 0 Å². The second kappa shape index (κ2) is 6.35. The number of fused-ring (bicyclic) bond motifs is 3. The molecular formula is C18H30O8. The lowest BCUT2D eigenvalue weighted by atomic mass is 9.79. The van der Waals surface area contributed by atoms with E-state index in [1.54, 1.807) is 21.3 Å². The van der Waals surface area contributed by atoms with Gasteiger partial charge in [0.05, 0.1) is 0 Å². The summed E-state index contributed by atoms with van der Waals surface area (Å²) in [5.41, 5.74) is 0. The fourth-order valence-electron chi connectivity index (χ4n) is 5.07. The molecule has 0 bridgehead atoms. The molecule has 2 aliphatic carbocycles. The van der Waals surface area contributed by atoms with Gasteiger partial charge in [-0.1, -0.05) is 0 Å². The van der Waals surface area contributed by atoms with Gasteiger partial charge in [0.25, 0.3) is 0 Å². The highest BCUT2D eigenvalue weighted by Gasteiger charge is 2.69. The fourth-order valence-corrected chi connectivity index (χ4v) is 5.07. The Balaban J connectivity index is 1.72. The van der Waals surface area contributed by atoms with Gasteiger partial charge < -0.3 is 38.3 Å². The smallest absolute Gasteiger partial charge is 0.223 e. The Hall–Kier alpha value is -0.320. The van der Waals surface area contributed by atoms with Gasteiger partial charge in [-0.3, -0.25) is 0 Å². The van der Waals surface area contributed by atoms with E-state index in [-0.39, 0.29) is 0 Å². The second-order valence-corrected chi connectivity index (χ2v) is 8.04. The first-order valence-electron chi connectivity index (χ1n) is 9.34. The van der Waals surface area contributed by atoms with Gasteiger partial charge in [-0.25, -0.2) is 0 Å². The van der Waals surface area contributed by atoms with Crippen LogP contribution in [0.4, 0.5) is 0 Å². The molecule has 4 rings (SSSR count). The number of rotatable bonds is 3. The summed E-state index contributed by atoms with van der Waals surface area (Å²) in [6.07, 6.45) is -0.488. The highest BCUT2D eigenvalue weighted by molar-refractivity contribution is 5.10. The zero-order valence-electron chi connectivity index (χ0n) is 16.1. The maximum Gasteiger partial charge on any atom is 0.223 e. The molecule has 4 fully saturated rings. The predicted molar refractivity (Wildman–Crippen MR) is 88.3 cm³/mol. The van der Waals surface area contributed by atoms with Crippen LogP contribution in [0.2, 0.25) is 0 Å². The Kier molecular flexibility index (Phi) is 4.65. The Bertz CT molecular complexity index is 541. The van der Waals surface area contributed by atoms with Gasteiger partial charge in [-0.2, -0.15) is 0 Å². The summed E-state index contributed by atoms with van der Waals surface area (Å²) < 4.78 is 42.2. The molecule has 0 spiro atoms. The first kappa shape index (κ1) is 19.0. The molecule has 2 saturated heterocycles. The zero-order valence-corrected chi connectivity index (χ0v) is 16.1. The summed E-state index contributed by atoms with van der Waals surface area (Å²) in [6.45, 7) is 3.65. The molecule has 0 aromatic rings. The maximum atomic E-state index is 11.0. The van der Waals surface area contributed by atoms with Crippen molar-refractivity contribution >= 4 is 0 Å². The summed E-state index contributed by atoms with van der Waals surface area (Å²) in [5, 5.41) is 11.0. The third-order valence-corrected chi connectivity index (χ3v) is 6.23. The quantitative estimate of drug-likeness (QED) is 0.781. The van der Waals surface area contributed by atoms with Gasteiger partial charge >= 0.3 is 0 Å². The topological polar surface area (TPSA) is 84.8 Å². The van der Waals surface area contributed by atoms with Crippen molar-refractivity contribution in [3.63, 3.8) is 0 Å². The van der Waals surface area contributed by atoms with Crippen molar-refractivity contribution in [2.45, 2.75) is 93.5 Å². The van der Waals surface area contributed by atoms with Crippen molar-refractivity contribution in [3.8, 4) is 0 Å². The minimum absolute atomic E-state index is 0.456. The van der Waals surface area contributed by atoms with Gasteiger partial charge in [0.1, 0.15) is 36.6 Å². The second-order valence-electron chi connectivity index (χ2n) is 8.04. The van der Waals surface area contributed by atoms with Crippen molar-refractivity contribution in [1.29, 1.82) is 0 Å². The van der Waals surface area contributed by atoms with Gasteiger partial charge in [0.2, 0.25) is 11.6 Å². The first-order chi connectivity index (χ1) is 12.3. The third kappa shape index (κ3) is 2.51. The average Bonchev–Trinajstić information content (AvgIpc) is 2.96. The number of aliphatic hydroxyl groups is 1. The van der Waals surface area contributed by atoms with Crippen LogP contribution in [-0.2, 0) is 33.2 Å². The molecule has 2 heterocycles. The Morgan fingerprint density at radius 2 is 1.23 bits per heavy atom. The first-order valence-corrected chi connectivity index (χ1v) is 9.34. The lowest BCUT2D eigenvalue weighted by Crippen LogP contribution is -2.76. The molecule has 2 aliphatic heterocycles. The van der Waals surface area contributed by atoms with Crippen LogP contribution in [0.15, 0.2) is 0 Å². The van der Waals surface area contributed by atoms with E-state index in [1.807, 2.05) is 13.8 Å². The summed E-state index contributed by atoms with van der Waals surface area (Å²) in [5.74, 6) is -2.92. The van der Waals surface area contributed by atoms with Crippen molar-refractivity contribution in [1.82, 2.24) is 0 Å². The van der Waals surface area contributed by atoms with E-state index in [9.17, 15) is 5.11 Å². The zero-order chi connectivity index (χ0) is 18.7. The van der Waals surface area contributed by atoms with Crippen LogP contribution in [0.1, 0.15) is 39.5 Å². The summed E-state index contributed by atoms with van der Waals surface area (Å²) in [6, 6.07) is 0. The summed E-state index contributed by atoms with van der Waals surface area (Å²) >= 11 is 0. The summed E-state index contributed by atoms with van der Waals surface area (Å²) in [4.78, 5) is 0.